The van der Waals surface area contributed by atoms with Crippen LogP contribution in [0.2, 0.25) is 0 Å². The summed E-state index contributed by atoms with van der Waals surface area (Å²) in [7, 11) is 0. The number of nitrogens with two attached hydrogens (primary N) is 1. The molecule has 2 aromatic heterocycles. The zero-order valence-corrected chi connectivity index (χ0v) is 16.2. The molecule has 1 aliphatic rings. The fourth-order valence-corrected chi connectivity index (χ4v) is 3.41. The molecule has 2 amide bonds. The summed E-state index contributed by atoms with van der Waals surface area (Å²) in [6, 6.07) is 2.82. The van der Waals surface area contributed by atoms with Crippen molar-refractivity contribution >= 4 is 17.5 Å². The van der Waals surface area contributed by atoms with E-state index in [0.29, 0.717) is 12.5 Å². The van der Waals surface area contributed by atoms with Crippen LogP contribution >= 0.6 is 0 Å². The minimum absolute atomic E-state index is 0.0110. The van der Waals surface area contributed by atoms with Gasteiger partial charge in [0.1, 0.15) is 17.1 Å². The third-order valence-corrected chi connectivity index (χ3v) is 5.40. The Morgan fingerprint density at radius 2 is 2.11 bits per heavy atom. The van der Waals surface area contributed by atoms with Crippen molar-refractivity contribution in [1.29, 1.82) is 0 Å². The Morgan fingerprint density at radius 3 is 2.64 bits per heavy atom. The molecule has 150 valence electrons. The van der Waals surface area contributed by atoms with Gasteiger partial charge in [0.05, 0.1) is 0 Å². The molecule has 0 aliphatic heterocycles. The molecule has 0 radical (unpaired) electrons. The molecular weight excluding hydrogens is 368 g/mol. The molecule has 9 heteroatoms. The van der Waals surface area contributed by atoms with Gasteiger partial charge in [-0.05, 0) is 36.8 Å². The molecule has 2 atom stereocenters. The Balaban J connectivity index is 1.97. The number of nitrogens with zero attached hydrogens (tertiary/aromatic N) is 3. The molecule has 1 fully saturated rings. The molecule has 0 saturated heterocycles. The fraction of sp³-hybridized carbons (Fsp3) is 0.474. The lowest BCUT2D eigenvalue weighted by molar-refractivity contribution is 0.0113. The number of aromatic nitrogens is 3. The van der Waals surface area contributed by atoms with Crippen molar-refractivity contribution in [2.45, 2.75) is 46.6 Å². The van der Waals surface area contributed by atoms with E-state index >= 15 is 0 Å². The minimum Gasteiger partial charge on any atom is -0.364 e. The van der Waals surface area contributed by atoms with E-state index in [9.17, 15) is 18.4 Å². The number of primary amides is 1. The van der Waals surface area contributed by atoms with E-state index in [1.807, 2.05) is 6.92 Å². The van der Waals surface area contributed by atoms with Crippen molar-refractivity contribution in [2.24, 2.45) is 17.1 Å². The van der Waals surface area contributed by atoms with Gasteiger partial charge in [-0.1, -0.05) is 13.8 Å². The number of pyridine rings is 1. The molecule has 1 saturated carbocycles. The first kappa shape index (κ1) is 19.9. The number of carbonyl (C=O) groups is 2. The van der Waals surface area contributed by atoms with Gasteiger partial charge >= 0.3 is 0 Å². The summed E-state index contributed by atoms with van der Waals surface area (Å²) in [6.45, 7) is 6.72. The van der Waals surface area contributed by atoms with Crippen LogP contribution in [0.3, 0.4) is 0 Å². The van der Waals surface area contributed by atoms with Gasteiger partial charge in [0.25, 0.3) is 17.7 Å². The Kier molecular flexibility index (Phi) is 4.73. The van der Waals surface area contributed by atoms with Crippen molar-refractivity contribution in [1.82, 2.24) is 14.8 Å². The van der Waals surface area contributed by atoms with Crippen LogP contribution in [-0.4, -0.2) is 26.6 Å². The lowest BCUT2D eigenvalue weighted by atomic mass is 10.1. The number of anilines is 1. The molecule has 3 N–H and O–H groups in total. The Hall–Kier alpha value is -2.84. The largest absolute Gasteiger partial charge is 0.364 e. The van der Waals surface area contributed by atoms with Crippen molar-refractivity contribution in [3.63, 3.8) is 0 Å². The van der Waals surface area contributed by atoms with E-state index in [-0.39, 0.29) is 28.1 Å². The van der Waals surface area contributed by atoms with Crippen LogP contribution in [0.15, 0.2) is 18.3 Å². The standard InChI is InChI=1S/C19H23F2N5O2/c1-10-8-18(10,3)9-26-14(11(2)15(25-26)19(4,20)21)17(28)24-12-5-6-23-13(7-12)16(22)27/h5-7,10H,8-9H2,1-4H3,(H2,22,27)(H,23,24,28). The second-order valence-corrected chi connectivity index (χ2v) is 7.88. The first-order valence-corrected chi connectivity index (χ1v) is 8.95. The summed E-state index contributed by atoms with van der Waals surface area (Å²) >= 11 is 0. The third-order valence-electron chi connectivity index (χ3n) is 5.40. The summed E-state index contributed by atoms with van der Waals surface area (Å²) in [5.74, 6) is -4.06. The summed E-state index contributed by atoms with van der Waals surface area (Å²) in [5, 5.41) is 6.69. The molecule has 0 aromatic carbocycles. The number of nitrogens with one attached hydrogen (secondary N) is 1. The van der Waals surface area contributed by atoms with Crippen LogP contribution < -0.4 is 11.1 Å². The predicted molar refractivity (Wildman–Crippen MR) is 99.1 cm³/mol. The molecule has 2 unspecified atom stereocenters. The lowest BCUT2D eigenvalue weighted by Gasteiger charge is -2.14. The molecule has 7 nitrogen and oxygen atoms in total. The van der Waals surface area contributed by atoms with E-state index in [1.54, 1.807) is 0 Å². The highest BCUT2D eigenvalue weighted by Gasteiger charge is 2.48. The maximum Gasteiger partial charge on any atom is 0.289 e. The average Bonchev–Trinajstić information content (AvgIpc) is 3.01. The van der Waals surface area contributed by atoms with Gasteiger partial charge in [0.15, 0.2) is 0 Å². The lowest BCUT2D eigenvalue weighted by Crippen LogP contribution is -2.22. The van der Waals surface area contributed by atoms with Crippen LogP contribution in [-0.2, 0) is 12.5 Å². The number of rotatable bonds is 6. The summed E-state index contributed by atoms with van der Waals surface area (Å²) < 4.78 is 29.4. The molecule has 1 aliphatic carbocycles. The Bertz CT molecular complexity index is 950. The summed E-state index contributed by atoms with van der Waals surface area (Å²) in [6.07, 6.45) is 2.27. The van der Waals surface area contributed by atoms with Gasteiger partial charge in [0, 0.05) is 30.9 Å². The van der Waals surface area contributed by atoms with Gasteiger partial charge < -0.3 is 11.1 Å². The van der Waals surface area contributed by atoms with Gasteiger partial charge in [-0.15, -0.1) is 0 Å². The number of amides is 2. The quantitative estimate of drug-likeness (QED) is 0.790. The SMILES string of the molecule is Cc1c(C(C)(F)F)nn(CC2(C)CC2C)c1C(=O)Nc1ccnc(C(N)=O)c1. The van der Waals surface area contributed by atoms with Crippen LogP contribution in [0.1, 0.15) is 59.4 Å². The van der Waals surface area contributed by atoms with Crippen LogP contribution in [0.4, 0.5) is 14.5 Å². The molecule has 28 heavy (non-hydrogen) atoms. The van der Waals surface area contributed by atoms with Gasteiger partial charge in [-0.2, -0.15) is 13.9 Å². The van der Waals surface area contributed by atoms with Gasteiger partial charge in [-0.25, -0.2) is 0 Å². The van der Waals surface area contributed by atoms with E-state index in [0.717, 1.165) is 13.3 Å². The first-order chi connectivity index (χ1) is 12.9. The van der Waals surface area contributed by atoms with Crippen LogP contribution in [0.5, 0.6) is 0 Å². The van der Waals surface area contributed by atoms with Gasteiger partial charge in [0.2, 0.25) is 0 Å². The number of hydrogen-bond acceptors (Lipinski definition) is 4. The van der Waals surface area contributed by atoms with Crippen molar-refractivity contribution < 1.29 is 18.4 Å². The van der Waals surface area contributed by atoms with Crippen molar-refractivity contribution in [2.75, 3.05) is 5.32 Å². The molecule has 2 heterocycles. The van der Waals surface area contributed by atoms with Gasteiger partial charge in [-0.3, -0.25) is 19.3 Å². The molecule has 0 bridgehead atoms. The van der Waals surface area contributed by atoms with Crippen LogP contribution in [0.25, 0.3) is 0 Å². The zero-order chi connectivity index (χ0) is 20.9. The first-order valence-electron chi connectivity index (χ1n) is 8.95. The van der Waals surface area contributed by atoms with Crippen molar-refractivity contribution in [3.05, 3.63) is 41.0 Å². The summed E-state index contributed by atoms with van der Waals surface area (Å²) in [4.78, 5) is 28.0. The normalized spacial score (nSPS) is 21.4. The predicted octanol–water partition coefficient (Wildman–Crippen LogP) is 3.10. The number of carbonyl (C=O) groups excluding carboxylic acids is 2. The topological polar surface area (TPSA) is 103 Å². The monoisotopic (exact) mass is 391 g/mol. The highest BCUT2D eigenvalue weighted by atomic mass is 19.3. The van der Waals surface area contributed by atoms with Crippen LogP contribution in [0, 0.1) is 18.3 Å². The van der Waals surface area contributed by atoms with E-state index in [4.69, 9.17) is 5.73 Å². The molecule has 0 spiro atoms. The van der Waals surface area contributed by atoms with E-state index in [1.165, 1.54) is 29.9 Å². The summed E-state index contributed by atoms with van der Waals surface area (Å²) in [5.41, 5.74) is 5.19. The van der Waals surface area contributed by atoms with E-state index < -0.39 is 23.4 Å². The molecular formula is C19H23F2N5O2. The minimum atomic E-state index is -3.17. The number of hydrogen-bond donors (Lipinski definition) is 2. The molecule has 3 rings (SSSR count). The number of halogens is 2. The Morgan fingerprint density at radius 1 is 1.46 bits per heavy atom. The highest BCUT2D eigenvalue weighted by molar-refractivity contribution is 6.04. The third kappa shape index (κ3) is 3.74. The fourth-order valence-electron chi connectivity index (χ4n) is 3.41. The van der Waals surface area contributed by atoms with E-state index in [2.05, 4.69) is 22.3 Å². The average molecular weight is 391 g/mol. The molecule has 2 aromatic rings. The maximum absolute atomic E-state index is 14.0. The smallest absolute Gasteiger partial charge is 0.289 e. The second kappa shape index (κ2) is 6.65. The maximum atomic E-state index is 14.0. The van der Waals surface area contributed by atoms with Crippen molar-refractivity contribution in [3.8, 4) is 0 Å². The highest BCUT2D eigenvalue weighted by Crippen LogP contribution is 2.53. The number of alkyl halides is 2. The Labute approximate surface area is 161 Å². The zero-order valence-electron chi connectivity index (χ0n) is 16.2. The second-order valence-electron chi connectivity index (χ2n) is 7.88.